The van der Waals surface area contributed by atoms with E-state index in [-0.39, 0.29) is 11.3 Å². The van der Waals surface area contributed by atoms with E-state index in [0.717, 1.165) is 0 Å². The number of methoxy groups -OCH3 is 1. The third kappa shape index (κ3) is 3.31. The van der Waals surface area contributed by atoms with Crippen LogP contribution in [-0.2, 0) is 4.74 Å². The summed E-state index contributed by atoms with van der Waals surface area (Å²) >= 11 is 5.63. The molecule has 0 aliphatic rings. The van der Waals surface area contributed by atoms with Gasteiger partial charge in [-0.05, 0) is 11.6 Å². The molecule has 1 N–H and O–H groups in total. The van der Waals surface area contributed by atoms with Gasteiger partial charge in [-0.15, -0.1) is 0 Å². The SMILES string of the molecule is CNc1nc(Cl)nc(OCCOC)n1. The van der Waals surface area contributed by atoms with Crippen molar-refractivity contribution in [1.29, 1.82) is 0 Å². The van der Waals surface area contributed by atoms with Gasteiger partial charge < -0.3 is 14.8 Å². The monoisotopic (exact) mass is 218 g/mol. The third-order valence-electron chi connectivity index (χ3n) is 1.33. The number of halogens is 1. The van der Waals surface area contributed by atoms with Gasteiger partial charge in [0.2, 0.25) is 11.2 Å². The molecular formula is C7H11ClN4O2. The molecule has 0 bridgehead atoms. The summed E-state index contributed by atoms with van der Waals surface area (Å²) in [5, 5.41) is 2.83. The molecule has 0 atom stereocenters. The zero-order valence-corrected chi connectivity index (χ0v) is 8.71. The van der Waals surface area contributed by atoms with Gasteiger partial charge in [0.15, 0.2) is 0 Å². The van der Waals surface area contributed by atoms with Gasteiger partial charge in [0, 0.05) is 14.2 Å². The molecule has 0 unspecified atom stereocenters. The molecule has 0 radical (unpaired) electrons. The van der Waals surface area contributed by atoms with E-state index < -0.39 is 0 Å². The van der Waals surface area contributed by atoms with E-state index in [2.05, 4.69) is 20.3 Å². The first-order valence-corrected chi connectivity index (χ1v) is 4.35. The summed E-state index contributed by atoms with van der Waals surface area (Å²) in [6.45, 7) is 0.845. The molecule has 1 rings (SSSR count). The van der Waals surface area contributed by atoms with Gasteiger partial charge in [-0.1, -0.05) is 0 Å². The number of rotatable bonds is 5. The zero-order chi connectivity index (χ0) is 10.4. The first-order valence-electron chi connectivity index (χ1n) is 3.97. The van der Waals surface area contributed by atoms with Crippen molar-refractivity contribution in [1.82, 2.24) is 15.0 Å². The molecule has 1 heterocycles. The Morgan fingerprint density at radius 2 is 2.07 bits per heavy atom. The van der Waals surface area contributed by atoms with E-state index in [1.54, 1.807) is 14.2 Å². The molecule has 0 amide bonds. The molecule has 0 fully saturated rings. The predicted octanol–water partition coefficient (Wildman–Crippen LogP) is 0.592. The van der Waals surface area contributed by atoms with Gasteiger partial charge in [0.25, 0.3) is 0 Å². The van der Waals surface area contributed by atoms with Crippen LogP contribution >= 0.6 is 11.6 Å². The summed E-state index contributed by atoms with van der Waals surface area (Å²) in [5.74, 6) is 0.373. The second kappa shape index (κ2) is 5.56. The molecule has 0 aliphatic heterocycles. The number of hydrogen-bond donors (Lipinski definition) is 1. The number of aromatic nitrogens is 3. The summed E-state index contributed by atoms with van der Waals surface area (Å²) in [7, 11) is 3.27. The minimum atomic E-state index is 0.0942. The lowest BCUT2D eigenvalue weighted by molar-refractivity contribution is 0.140. The fourth-order valence-corrected chi connectivity index (χ4v) is 0.877. The molecular weight excluding hydrogens is 208 g/mol. The maximum absolute atomic E-state index is 5.63. The van der Waals surface area contributed by atoms with Crippen molar-refractivity contribution in [3.8, 4) is 6.01 Å². The maximum Gasteiger partial charge on any atom is 0.322 e. The summed E-state index contributed by atoms with van der Waals surface area (Å²) < 4.78 is 9.96. The van der Waals surface area contributed by atoms with Crippen LogP contribution in [0.1, 0.15) is 0 Å². The summed E-state index contributed by atoms with van der Waals surface area (Å²) in [4.78, 5) is 11.5. The number of ether oxygens (including phenoxy) is 2. The second-order valence-corrected chi connectivity index (χ2v) is 2.64. The van der Waals surface area contributed by atoms with E-state index in [9.17, 15) is 0 Å². The highest BCUT2D eigenvalue weighted by Gasteiger charge is 2.03. The minimum absolute atomic E-state index is 0.0942. The summed E-state index contributed by atoms with van der Waals surface area (Å²) in [5.41, 5.74) is 0. The topological polar surface area (TPSA) is 69.2 Å². The lowest BCUT2D eigenvalue weighted by Crippen LogP contribution is -2.08. The average molecular weight is 219 g/mol. The van der Waals surface area contributed by atoms with Crippen LogP contribution in [0.2, 0.25) is 5.28 Å². The quantitative estimate of drug-likeness (QED) is 0.730. The Morgan fingerprint density at radius 3 is 2.71 bits per heavy atom. The molecule has 0 spiro atoms. The van der Waals surface area contributed by atoms with Crippen molar-refractivity contribution >= 4 is 17.5 Å². The second-order valence-electron chi connectivity index (χ2n) is 2.30. The molecule has 0 saturated carbocycles. The van der Waals surface area contributed by atoms with Gasteiger partial charge in [-0.25, -0.2) is 0 Å². The highest BCUT2D eigenvalue weighted by Crippen LogP contribution is 2.10. The summed E-state index contributed by atoms with van der Waals surface area (Å²) in [6, 6.07) is 0.186. The van der Waals surface area contributed by atoms with Crippen LogP contribution in [0.4, 0.5) is 5.95 Å². The Balaban J connectivity index is 2.62. The lowest BCUT2D eigenvalue weighted by atomic mass is 10.8. The van der Waals surface area contributed by atoms with Crippen molar-refractivity contribution in [2.75, 3.05) is 32.7 Å². The van der Waals surface area contributed by atoms with Crippen LogP contribution in [0.5, 0.6) is 6.01 Å². The number of nitrogens with zero attached hydrogens (tertiary/aromatic N) is 3. The molecule has 6 nitrogen and oxygen atoms in total. The average Bonchev–Trinajstić information content (AvgIpc) is 2.17. The van der Waals surface area contributed by atoms with Gasteiger partial charge in [-0.2, -0.15) is 15.0 Å². The Hall–Kier alpha value is -1.14. The third-order valence-corrected chi connectivity index (χ3v) is 1.50. The maximum atomic E-state index is 5.63. The molecule has 7 heteroatoms. The van der Waals surface area contributed by atoms with Crippen LogP contribution in [0.25, 0.3) is 0 Å². The van der Waals surface area contributed by atoms with Crippen molar-refractivity contribution in [2.45, 2.75) is 0 Å². The van der Waals surface area contributed by atoms with Crippen molar-refractivity contribution in [3.05, 3.63) is 5.28 Å². The normalized spacial score (nSPS) is 9.93. The van der Waals surface area contributed by atoms with E-state index >= 15 is 0 Å². The highest BCUT2D eigenvalue weighted by molar-refractivity contribution is 6.28. The van der Waals surface area contributed by atoms with Gasteiger partial charge >= 0.3 is 6.01 Å². The smallest absolute Gasteiger partial charge is 0.322 e. The van der Waals surface area contributed by atoms with Crippen LogP contribution in [0.15, 0.2) is 0 Å². The van der Waals surface area contributed by atoms with Crippen LogP contribution in [-0.4, -0.2) is 42.3 Å². The number of hydrogen-bond acceptors (Lipinski definition) is 6. The minimum Gasteiger partial charge on any atom is -0.461 e. The largest absolute Gasteiger partial charge is 0.461 e. The van der Waals surface area contributed by atoms with Crippen LogP contribution in [0.3, 0.4) is 0 Å². The molecule has 1 aromatic heterocycles. The highest BCUT2D eigenvalue weighted by atomic mass is 35.5. The first kappa shape index (κ1) is 10.9. The summed E-state index contributed by atoms with van der Waals surface area (Å²) in [6.07, 6.45) is 0. The van der Waals surface area contributed by atoms with E-state index in [0.29, 0.717) is 19.2 Å². The number of nitrogens with one attached hydrogen (secondary N) is 1. The Labute approximate surface area is 86.6 Å². The predicted molar refractivity (Wildman–Crippen MR) is 51.8 cm³/mol. The Kier molecular flexibility index (Phi) is 4.34. The first-order chi connectivity index (χ1) is 6.76. The lowest BCUT2D eigenvalue weighted by Gasteiger charge is -2.04. The molecule has 0 aliphatic carbocycles. The standard InChI is InChI=1S/C7H11ClN4O2/c1-9-6-10-5(8)11-7(12-6)14-4-3-13-2/h3-4H2,1-2H3,(H,9,10,11,12). The molecule has 14 heavy (non-hydrogen) atoms. The van der Waals surface area contributed by atoms with E-state index in [1.165, 1.54) is 0 Å². The van der Waals surface area contributed by atoms with Crippen LogP contribution < -0.4 is 10.1 Å². The zero-order valence-electron chi connectivity index (χ0n) is 7.95. The van der Waals surface area contributed by atoms with Gasteiger partial charge in [-0.3, -0.25) is 0 Å². The van der Waals surface area contributed by atoms with Crippen LogP contribution in [0, 0.1) is 0 Å². The fraction of sp³-hybridized carbons (Fsp3) is 0.571. The van der Waals surface area contributed by atoms with E-state index in [1.807, 2.05) is 0 Å². The van der Waals surface area contributed by atoms with Gasteiger partial charge in [0.1, 0.15) is 6.61 Å². The Bertz CT molecular complexity index is 297. The fourth-order valence-electron chi connectivity index (χ4n) is 0.725. The molecule has 1 aromatic rings. The molecule has 0 aromatic carbocycles. The van der Waals surface area contributed by atoms with Crippen molar-refractivity contribution in [3.63, 3.8) is 0 Å². The Morgan fingerprint density at radius 1 is 1.29 bits per heavy atom. The number of anilines is 1. The van der Waals surface area contributed by atoms with E-state index in [4.69, 9.17) is 21.1 Å². The van der Waals surface area contributed by atoms with Crippen molar-refractivity contribution < 1.29 is 9.47 Å². The van der Waals surface area contributed by atoms with Crippen molar-refractivity contribution in [2.24, 2.45) is 0 Å². The van der Waals surface area contributed by atoms with Gasteiger partial charge in [0.05, 0.1) is 6.61 Å². The molecule has 78 valence electrons. The molecule has 0 saturated heterocycles.